The molecule has 4 rings (SSSR count). The molecule has 25 heavy (non-hydrogen) atoms. The first-order valence-corrected chi connectivity index (χ1v) is 10.2. The Morgan fingerprint density at radius 2 is 2.16 bits per heavy atom. The maximum absolute atomic E-state index is 13.0. The first kappa shape index (κ1) is 16.9. The van der Waals surface area contributed by atoms with Gasteiger partial charge in [-0.25, -0.2) is 0 Å². The Bertz CT molecular complexity index is 663. The molecule has 1 saturated carbocycles. The van der Waals surface area contributed by atoms with Gasteiger partial charge in [-0.2, -0.15) is 11.3 Å². The molecule has 1 amide bonds. The maximum atomic E-state index is 13.0. The number of fused-ring (bicyclic) bond motifs is 1. The van der Waals surface area contributed by atoms with Crippen molar-refractivity contribution in [2.24, 2.45) is 5.92 Å². The molecular weight excluding hydrogens is 332 g/mol. The number of rotatable bonds is 4. The second-order valence-corrected chi connectivity index (χ2v) is 8.32. The highest BCUT2D eigenvalue weighted by Gasteiger charge is 2.43. The third-order valence-corrected chi connectivity index (χ3v) is 6.77. The summed E-state index contributed by atoms with van der Waals surface area (Å²) in [5.74, 6) is 0.461. The number of hydrogen-bond donors (Lipinski definition) is 1. The molecule has 1 aliphatic heterocycles. The number of nitrogens with zero attached hydrogens (tertiary/aromatic N) is 2. The summed E-state index contributed by atoms with van der Waals surface area (Å²) in [5, 5.41) is 15.0. The molecule has 2 aliphatic rings. The highest BCUT2D eigenvalue weighted by Crippen LogP contribution is 2.40. The van der Waals surface area contributed by atoms with Gasteiger partial charge >= 0.3 is 0 Å². The summed E-state index contributed by atoms with van der Waals surface area (Å²) in [7, 11) is 0. The number of carbonyl (C=O) groups is 1. The molecule has 134 valence electrons. The Morgan fingerprint density at radius 1 is 1.32 bits per heavy atom. The average Bonchev–Trinajstić information content (AvgIpc) is 3.32. The van der Waals surface area contributed by atoms with Crippen molar-refractivity contribution in [1.29, 1.82) is 0 Å². The van der Waals surface area contributed by atoms with Gasteiger partial charge in [-0.05, 0) is 53.8 Å². The van der Waals surface area contributed by atoms with E-state index in [1.165, 1.54) is 12.0 Å². The lowest BCUT2D eigenvalue weighted by atomic mass is 9.71. The highest BCUT2D eigenvalue weighted by atomic mass is 32.1. The molecule has 0 bridgehead atoms. The van der Waals surface area contributed by atoms with Gasteiger partial charge in [-0.15, -0.1) is 0 Å². The lowest BCUT2D eigenvalue weighted by molar-refractivity contribution is -0.143. The van der Waals surface area contributed by atoms with Gasteiger partial charge in [0.05, 0.1) is 18.1 Å². The van der Waals surface area contributed by atoms with Crippen LogP contribution in [0.15, 0.2) is 41.4 Å². The topological polar surface area (TPSA) is 45.5 Å². The summed E-state index contributed by atoms with van der Waals surface area (Å²) in [5.41, 5.74) is 0.670. The summed E-state index contributed by atoms with van der Waals surface area (Å²) in [4.78, 5) is 15.0. The van der Waals surface area contributed by atoms with Gasteiger partial charge in [0.25, 0.3) is 0 Å². The zero-order valence-corrected chi connectivity index (χ0v) is 15.3. The van der Waals surface area contributed by atoms with Crippen LogP contribution in [0, 0.1) is 5.92 Å². The van der Waals surface area contributed by atoms with Crippen LogP contribution in [0.4, 0.5) is 0 Å². The molecule has 5 heteroatoms. The quantitative estimate of drug-likeness (QED) is 0.906. The monoisotopic (exact) mass is 358 g/mol. The van der Waals surface area contributed by atoms with Gasteiger partial charge in [0.15, 0.2) is 0 Å². The first-order valence-electron chi connectivity index (χ1n) is 9.30. The van der Waals surface area contributed by atoms with Crippen molar-refractivity contribution in [3.05, 3.63) is 46.9 Å². The number of thiophene rings is 1. The molecule has 3 atom stereocenters. The standard InChI is InChI=1S/C20H26N2O2S/c23-19(22-11-8-20(24)7-2-1-5-17(20)14-22)13-18(16-6-12-25-15-16)21-9-3-4-10-21/h3-4,6,9-10,12,15,17-18,24H,1-2,5,7-8,11,13-14H2/t17-,18+,20+/m0/s1. The fourth-order valence-electron chi connectivity index (χ4n) is 4.51. The second kappa shape index (κ2) is 6.96. The van der Waals surface area contributed by atoms with Crippen LogP contribution >= 0.6 is 11.3 Å². The van der Waals surface area contributed by atoms with Crippen molar-refractivity contribution < 1.29 is 9.90 Å². The second-order valence-electron chi connectivity index (χ2n) is 7.54. The minimum atomic E-state index is -0.526. The van der Waals surface area contributed by atoms with Gasteiger partial charge in [-0.3, -0.25) is 4.79 Å². The van der Waals surface area contributed by atoms with Crippen molar-refractivity contribution in [3.8, 4) is 0 Å². The predicted molar refractivity (Wildman–Crippen MR) is 99.6 cm³/mol. The molecule has 0 spiro atoms. The lowest BCUT2D eigenvalue weighted by Gasteiger charge is -2.47. The molecular formula is C20H26N2O2S. The van der Waals surface area contributed by atoms with Crippen LogP contribution in [0.1, 0.15) is 50.1 Å². The zero-order valence-electron chi connectivity index (χ0n) is 14.5. The summed E-state index contributed by atoms with van der Waals surface area (Å²) >= 11 is 1.67. The van der Waals surface area contributed by atoms with Crippen LogP contribution in [-0.2, 0) is 4.79 Å². The van der Waals surface area contributed by atoms with Crippen LogP contribution in [0.3, 0.4) is 0 Å². The van der Waals surface area contributed by atoms with E-state index in [9.17, 15) is 9.90 Å². The predicted octanol–water partition coefficient (Wildman–Crippen LogP) is 3.68. The van der Waals surface area contributed by atoms with E-state index in [-0.39, 0.29) is 17.9 Å². The van der Waals surface area contributed by atoms with E-state index in [0.717, 1.165) is 32.2 Å². The van der Waals surface area contributed by atoms with Crippen LogP contribution in [0.5, 0.6) is 0 Å². The number of aromatic nitrogens is 1. The number of amides is 1. The number of likely N-dealkylation sites (tertiary alicyclic amines) is 1. The molecule has 3 heterocycles. The molecule has 2 fully saturated rings. The molecule has 0 unspecified atom stereocenters. The van der Waals surface area contributed by atoms with Crippen molar-refractivity contribution in [1.82, 2.24) is 9.47 Å². The van der Waals surface area contributed by atoms with Crippen LogP contribution < -0.4 is 0 Å². The fraction of sp³-hybridized carbons (Fsp3) is 0.550. The Morgan fingerprint density at radius 3 is 2.92 bits per heavy atom. The Hall–Kier alpha value is -1.59. The van der Waals surface area contributed by atoms with Crippen molar-refractivity contribution in [2.45, 2.75) is 50.2 Å². The molecule has 2 aromatic rings. The van der Waals surface area contributed by atoms with E-state index in [0.29, 0.717) is 13.0 Å². The Kier molecular flexibility index (Phi) is 4.69. The molecule has 0 radical (unpaired) electrons. The van der Waals surface area contributed by atoms with E-state index in [2.05, 4.69) is 21.4 Å². The molecule has 1 N–H and O–H groups in total. The molecule has 2 aromatic heterocycles. The summed E-state index contributed by atoms with van der Waals surface area (Å²) in [6, 6.07) is 6.18. The number of piperidine rings is 1. The van der Waals surface area contributed by atoms with Crippen molar-refractivity contribution in [2.75, 3.05) is 13.1 Å². The van der Waals surface area contributed by atoms with Crippen LogP contribution in [0.2, 0.25) is 0 Å². The molecule has 0 aromatic carbocycles. The maximum Gasteiger partial charge on any atom is 0.225 e. The lowest BCUT2D eigenvalue weighted by Crippen LogP contribution is -2.54. The Balaban J connectivity index is 1.47. The number of aliphatic hydroxyl groups is 1. The van der Waals surface area contributed by atoms with Gasteiger partial charge in [0, 0.05) is 31.4 Å². The van der Waals surface area contributed by atoms with E-state index in [1.54, 1.807) is 11.3 Å². The summed E-state index contributed by atoms with van der Waals surface area (Å²) in [6.45, 7) is 1.41. The van der Waals surface area contributed by atoms with E-state index in [4.69, 9.17) is 0 Å². The molecule has 4 nitrogen and oxygen atoms in total. The van der Waals surface area contributed by atoms with Gasteiger partial charge in [-0.1, -0.05) is 12.8 Å². The fourth-order valence-corrected chi connectivity index (χ4v) is 5.21. The van der Waals surface area contributed by atoms with Crippen molar-refractivity contribution >= 4 is 17.2 Å². The normalized spacial score (nSPS) is 27.7. The smallest absolute Gasteiger partial charge is 0.225 e. The van der Waals surface area contributed by atoms with Crippen LogP contribution in [0.25, 0.3) is 0 Å². The summed E-state index contributed by atoms with van der Waals surface area (Å²) < 4.78 is 2.13. The first-order chi connectivity index (χ1) is 12.2. The Labute approximate surface area is 153 Å². The SMILES string of the molecule is O=C(C[C@H](c1ccsc1)n1cccc1)N1CC[C@]2(O)CCCC[C@H]2C1. The number of carbonyl (C=O) groups excluding carboxylic acids is 1. The largest absolute Gasteiger partial charge is 0.389 e. The summed E-state index contributed by atoms with van der Waals surface area (Å²) in [6.07, 6.45) is 9.53. The van der Waals surface area contributed by atoms with Crippen LogP contribution in [-0.4, -0.2) is 39.2 Å². The van der Waals surface area contributed by atoms with Gasteiger partial charge < -0.3 is 14.6 Å². The third kappa shape index (κ3) is 3.40. The van der Waals surface area contributed by atoms with Gasteiger partial charge in [0.2, 0.25) is 5.91 Å². The van der Waals surface area contributed by atoms with E-state index in [1.807, 2.05) is 29.4 Å². The van der Waals surface area contributed by atoms with Crippen molar-refractivity contribution in [3.63, 3.8) is 0 Å². The minimum Gasteiger partial charge on any atom is -0.389 e. The molecule has 1 aliphatic carbocycles. The average molecular weight is 359 g/mol. The van der Waals surface area contributed by atoms with Gasteiger partial charge in [0.1, 0.15) is 0 Å². The zero-order chi connectivity index (χ0) is 17.3. The highest BCUT2D eigenvalue weighted by molar-refractivity contribution is 7.08. The molecule has 1 saturated heterocycles. The third-order valence-electron chi connectivity index (χ3n) is 6.06. The van der Waals surface area contributed by atoms with E-state index < -0.39 is 5.60 Å². The number of hydrogen-bond acceptors (Lipinski definition) is 3. The minimum absolute atomic E-state index is 0.0564. The van der Waals surface area contributed by atoms with E-state index >= 15 is 0 Å².